The molecule has 6 heteroatoms. The Bertz CT molecular complexity index is 1020. The highest BCUT2D eigenvalue weighted by Gasteiger charge is 2.22. The van der Waals surface area contributed by atoms with Crippen LogP contribution in [0.15, 0.2) is 52.7 Å². The van der Waals surface area contributed by atoms with Gasteiger partial charge in [-0.25, -0.2) is 0 Å². The summed E-state index contributed by atoms with van der Waals surface area (Å²) in [5.41, 5.74) is 2.21. The molecule has 1 saturated heterocycles. The highest BCUT2D eigenvalue weighted by molar-refractivity contribution is 8.26. The van der Waals surface area contributed by atoms with Crippen molar-refractivity contribution in [2.75, 3.05) is 0 Å². The van der Waals surface area contributed by atoms with Crippen LogP contribution in [-0.2, 0) is 4.79 Å². The van der Waals surface area contributed by atoms with E-state index in [2.05, 4.69) is 22.8 Å². The lowest BCUT2D eigenvalue weighted by Gasteiger charge is -2.02. The van der Waals surface area contributed by atoms with Crippen molar-refractivity contribution in [1.29, 1.82) is 0 Å². The molecule has 0 saturated carbocycles. The van der Waals surface area contributed by atoms with Crippen LogP contribution < -0.4 is 5.32 Å². The standard InChI is InChI=1S/C18H11NO2S3/c20-14-4-3-10-5-11(1-2-12(10)6-14)13-7-15(23-9-13)8-16-17(21)19-18(22)24-16/h1-9,20H,(H,19,21,22). The van der Waals surface area contributed by atoms with E-state index in [1.807, 2.05) is 24.3 Å². The molecule has 2 N–H and O–H groups in total. The topological polar surface area (TPSA) is 49.3 Å². The Morgan fingerprint density at radius 1 is 1.04 bits per heavy atom. The third-order valence-corrected chi connectivity index (χ3v) is 5.73. The predicted octanol–water partition coefficient (Wildman–Crippen LogP) is 4.76. The van der Waals surface area contributed by atoms with E-state index in [1.54, 1.807) is 23.5 Å². The van der Waals surface area contributed by atoms with E-state index in [1.165, 1.54) is 11.8 Å². The Kier molecular flexibility index (Phi) is 3.88. The molecule has 0 unspecified atom stereocenters. The molecular weight excluding hydrogens is 358 g/mol. The number of carbonyl (C=O) groups is 1. The first-order valence-electron chi connectivity index (χ1n) is 7.15. The largest absolute Gasteiger partial charge is 0.508 e. The summed E-state index contributed by atoms with van der Waals surface area (Å²) in [4.78, 5) is 13.4. The summed E-state index contributed by atoms with van der Waals surface area (Å²) in [6.45, 7) is 0. The summed E-state index contributed by atoms with van der Waals surface area (Å²) in [7, 11) is 0. The molecule has 1 aliphatic rings. The molecule has 4 rings (SSSR count). The number of thiocarbonyl (C=S) groups is 1. The normalized spacial score (nSPS) is 16.1. The molecule has 3 nitrogen and oxygen atoms in total. The summed E-state index contributed by atoms with van der Waals surface area (Å²) >= 11 is 7.88. The fourth-order valence-electron chi connectivity index (χ4n) is 2.54. The molecule has 0 bridgehead atoms. The first kappa shape index (κ1) is 15.4. The fourth-order valence-corrected chi connectivity index (χ4v) is 4.50. The number of nitrogens with one attached hydrogen (secondary N) is 1. The van der Waals surface area contributed by atoms with Crippen LogP contribution >= 0.6 is 35.3 Å². The molecule has 2 aromatic carbocycles. The van der Waals surface area contributed by atoms with Crippen molar-refractivity contribution >= 4 is 62.4 Å². The Hall–Kier alpha value is -2.15. The highest BCUT2D eigenvalue weighted by atomic mass is 32.2. The van der Waals surface area contributed by atoms with Gasteiger partial charge in [-0.05, 0) is 57.6 Å². The van der Waals surface area contributed by atoms with Gasteiger partial charge >= 0.3 is 0 Å². The molecule has 2 heterocycles. The van der Waals surface area contributed by atoms with Crippen LogP contribution in [0.25, 0.3) is 28.0 Å². The molecule has 1 aliphatic heterocycles. The lowest BCUT2D eigenvalue weighted by molar-refractivity contribution is -0.115. The Balaban J connectivity index is 1.67. The minimum Gasteiger partial charge on any atom is -0.508 e. The zero-order valence-corrected chi connectivity index (χ0v) is 14.7. The molecule has 3 aromatic rings. The summed E-state index contributed by atoms with van der Waals surface area (Å²) in [6, 6.07) is 13.5. The summed E-state index contributed by atoms with van der Waals surface area (Å²) in [6.07, 6.45) is 1.87. The SMILES string of the molecule is O=C1NC(=S)SC1=Cc1cc(-c2ccc3cc(O)ccc3c2)cs1. The molecule has 1 aromatic heterocycles. The number of fused-ring (bicyclic) bond motifs is 1. The van der Waals surface area contributed by atoms with Crippen molar-refractivity contribution in [1.82, 2.24) is 5.32 Å². The minimum atomic E-state index is -0.134. The van der Waals surface area contributed by atoms with Crippen molar-refractivity contribution in [3.8, 4) is 16.9 Å². The van der Waals surface area contributed by atoms with Crippen LogP contribution in [-0.4, -0.2) is 15.3 Å². The number of carbonyl (C=O) groups excluding carboxylic acids is 1. The minimum absolute atomic E-state index is 0.134. The van der Waals surface area contributed by atoms with Gasteiger partial charge in [-0.1, -0.05) is 42.2 Å². The smallest absolute Gasteiger partial charge is 0.263 e. The van der Waals surface area contributed by atoms with Gasteiger partial charge in [0.25, 0.3) is 5.91 Å². The number of aromatic hydroxyl groups is 1. The van der Waals surface area contributed by atoms with Crippen LogP contribution in [0.4, 0.5) is 0 Å². The van der Waals surface area contributed by atoms with E-state index in [0.717, 1.165) is 26.8 Å². The number of phenolic OH excluding ortho intramolecular Hbond substituents is 1. The first-order chi connectivity index (χ1) is 11.6. The average Bonchev–Trinajstić information content (AvgIpc) is 3.14. The fraction of sp³-hybridized carbons (Fsp3) is 0. The van der Waals surface area contributed by atoms with E-state index >= 15 is 0 Å². The van der Waals surface area contributed by atoms with Gasteiger partial charge in [0, 0.05) is 4.88 Å². The molecule has 1 fully saturated rings. The second kappa shape index (κ2) is 6.05. The van der Waals surface area contributed by atoms with E-state index < -0.39 is 0 Å². The van der Waals surface area contributed by atoms with E-state index in [-0.39, 0.29) is 11.7 Å². The molecule has 0 atom stereocenters. The number of hydrogen-bond donors (Lipinski definition) is 2. The molecule has 1 amide bonds. The average molecular weight is 369 g/mol. The van der Waals surface area contributed by atoms with Crippen LogP contribution in [0.3, 0.4) is 0 Å². The molecule has 24 heavy (non-hydrogen) atoms. The van der Waals surface area contributed by atoms with Crippen LogP contribution in [0.1, 0.15) is 4.88 Å². The molecule has 0 aliphatic carbocycles. The summed E-state index contributed by atoms with van der Waals surface area (Å²) in [5.74, 6) is 0.135. The van der Waals surface area contributed by atoms with E-state index in [0.29, 0.717) is 9.23 Å². The predicted molar refractivity (Wildman–Crippen MR) is 105 cm³/mol. The zero-order valence-electron chi connectivity index (χ0n) is 12.3. The van der Waals surface area contributed by atoms with Crippen molar-refractivity contribution in [2.45, 2.75) is 0 Å². The second-order valence-electron chi connectivity index (χ2n) is 5.34. The Labute approximate surface area is 152 Å². The van der Waals surface area contributed by atoms with Gasteiger partial charge < -0.3 is 10.4 Å². The third kappa shape index (κ3) is 2.96. The van der Waals surface area contributed by atoms with Crippen LogP contribution in [0, 0.1) is 0 Å². The van der Waals surface area contributed by atoms with Crippen molar-refractivity contribution in [3.05, 3.63) is 57.6 Å². The van der Waals surface area contributed by atoms with Gasteiger partial charge in [0.05, 0.1) is 4.91 Å². The first-order valence-corrected chi connectivity index (χ1v) is 9.25. The quantitative estimate of drug-likeness (QED) is 0.505. The van der Waals surface area contributed by atoms with Crippen LogP contribution in [0.5, 0.6) is 5.75 Å². The van der Waals surface area contributed by atoms with Gasteiger partial charge in [0.1, 0.15) is 10.1 Å². The van der Waals surface area contributed by atoms with Crippen LogP contribution in [0.2, 0.25) is 0 Å². The molecular formula is C18H11NO2S3. The number of benzene rings is 2. The second-order valence-corrected chi connectivity index (χ2v) is 8.00. The monoisotopic (exact) mass is 369 g/mol. The summed E-state index contributed by atoms with van der Waals surface area (Å²) < 4.78 is 0.501. The maximum atomic E-state index is 11.7. The zero-order chi connectivity index (χ0) is 16.7. The van der Waals surface area contributed by atoms with Gasteiger partial charge in [0.2, 0.25) is 0 Å². The Morgan fingerprint density at radius 2 is 1.83 bits per heavy atom. The molecule has 118 valence electrons. The number of hydrogen-bond acceptors (Lipinski definition) is 5. The van der Waals surface area contributed by atoms with Gasteiger partial charge in [0.15, 0.2) is 0 Å². The number of rotatable bonds is 2. The van der Waals surface area contributed by atoms with Crippen molar-refractivity contribution in [2.24, 2.45) is 0 Å². The lowest BCUT2D eigenvalue weighted by Crippen LogP contribution is -2.17. The van der Waals surface area contributed by atoms with Gasteiger partial charge in [-0.2, -0.15) is 0 Å². The van der Waals surface area contributed by atoms with Gasteiger partial charge in [-0.15, -0.1) is 11.3 Å². The number of amides is 1. The van der Waals surface area contributed by atoms with Crippen molar-refractivity contribution < 1.29 is 9.90 Å². The lowest BCUT2D eigenvalue weighted by atomic mass is 10.0. The van der Waals surface area contributed by atoms with E-state index in [4.69, 9.17) is 12.2 Å². The highest BCUT2D eigenvalue weighted by Crippen LogP contribution is 2.32. The molecule has 0 radical (unpaired) electrons. The number of thiophene rings is 1. The molecule has 0 spiro atoms. The summed E-state index contributed by atoms with van der Waals surface area (Å²) in [5, 5.41) is 16.3. The maximum absolute atomic E-state index is 11.7. The third-order valence-electron chi connectivity index (χ3n) is 3.69. The Morgan fingerprint density at radius 3 is 2.62 bits per heavy atom. The maximum Gasteiger partial charge on any atom is 0.263 e. The van der Waals surface area contributed by atoms with E-state index in [9.17, 15) is 9.90 Å². The number of thioether (sulfide) groups is 1. The number of phenols is 1. The van der Waals surface area contributed by atoms with Crippen molar-refractivity contribution in [3.63, 3.8) is 0 Å². The van der Waals surface area contributed by atoms with Gasteiger partial charge in [-0.3, -0.25) is 4.79 Å².